The minimum absolute atomic E-state index is 0.0789. The molecule has 1 fully saturated rings. The molecule has 12 heteroatoms. The zero-order chi connectivity index (χ0) is 22.9. The summed E-state index contributed by atoms with van der Waals surface area (Å²) < 4.78 is 43.3. The lowest BCUT2D eigenvalue weighted by atomic mass is 9.99. The quantitative estimate of drug-likeness (QED) is 0.511. The summed E-state index contributed by atoms with van der Waals surface area (Å²) in [5, 5.41) is 8.79. The largest absolute Gasteiger partial charge is 0.418 e. The van der Waals surface area contributed by atoms with Crippen molar-refractivity contribution in [1.29, 1.82) is 0 Å². The number of aromatic nitrogens is 7. The molecule has 9 nitrogen and oxygen atoms in total. The molecule has 0 radical (unpaired) electrons. The molecule has 1 N–H and O–H groups in total. The van der Waals surface area contributed by atoms with E-state index in [1.54, 1.807) is 11.9 Å². The normalized spacial score (nSPS) is 18.7. The van der Waals surface area contributed by atoms with Gasteiger partial charge in [-0.15, -0.1) is 0 Å². The van der Waals surface area contributed by atoms with Gasteiger partial charge in [0, 0.05) is 37.8 Å². The Balaban J connectivity index is 1.46. The van der Waals surface area contributed by atoms with Crippen LogP contribution in [0, 0.1) is 0 Å². The fraction of sp³-hybridized carbons (Fsp3) is 0.381. The molecule has 0 aromatic carbocycles. The van der Waals surface area contributed by atoms with E-state index in [0.29, 0.717) is 30.2 Å². The van der Waals surface area contributed by atoms with Gasteiger partial charge in [0.25, 0.3) is 5.91 Å². The Morgan fingerprint density at radius 2 is 2.06 bits per heavy atom. The molecule has 1 aliphatic carbocycles. The summed E-state index contributed by atoms with van der Waals surface area (Å²) >= 11 is 0. The molecule has 4 aromatic rings. The molecule has 1 atom stereocenters. The molecule has 6 rings (SSSR count). The smallest absolute Gasteiger partial charge is 0.348 e. The zero-order valence-electron chi connectivity index (χ0n) is 17.5. The first kappa shape index (κ1) is 19.9. The van der Waals surface area contributed by atoms with Crippen molar-refractivity contribution < 1.29 is 18.0 Å². The number of aryl methyl sites for hydroxylation is 1. The summed E-state index contributed by atoms with van der Waals surface area (Å²) in [6.45, 7) is 0.338. The summed E-state index contributed by atoms with van der Waals surface area (Å²) in [4.78, 5) is 27.1. The summed E-state index contributed by atoms with van der Waals surface area (Å²) in [5.41, 5.74) is 0.828. The Kier molecular flexibility index (Phi) is 4.17. The maximum atomic E-state index is 13.6. The van der Waals surface area contributed by atoms with Crippen LogP contribution in [0.4, 0.5) is 13.2 Å². The van der Waals surface area contributed by atoms with Crippen LogP contribution in [0.2, 0.25) is 0 Å². The van der Waals surface area contributed by atoms with E-state index >= 15 is 0 Å². The SMILES string of the molecule is Cn1nc(C2CC2)nc1C(=O)N1CCc2[nH]cnc2[C@@H]1c1cc2c(C(F)(F)F)cccn2n1. The van der Waals surface area contributed by atoms with Gasteiger partial charge >= 0.3 is 6.18 Å². The van der Waals surface area contributed by atoms with Gasteiger partial charge in [-0.2, -0.15) is 23.4 Å². The number of nitrogens with one attached hydrogen (secondary N) is 1. The fourth-order valence-corrected chi connectivity index (χ4v) is 4.44. The maximum absolute atomic E-state index is 13.6. The molecule has 0 bridgehead atoms. The van der Waals surface area contributed by atoms with E-state index in [-0.39, 0.29) is 23.2 Å². The number of imidazole rings is 1. The van der Waals surface area contributed by atoms with E-state index in [1.165, 1.54) is 33.9 Å². The summed E-state index contributed by atoms with van der Waals surface area (Å²) in [7, 11) is 1.67. The number of pyridine rings is 1. The van der Waals surface area contributed by atoms with Crippen molar-refractivity contribution in [3.05, 3.63) is 65.0 Å². The third-order valence-corrected chi connectivity index (χ3v) is 6.21. The first-order valence-electron chi connectivity index (χ1n) is 10.6. The second-order valence-electron chi connectivity index (χ2n) is 8.43. The predicted molar refractivity (Wildman–Crippen MR) is 108 cm³/mol. The third-order valence-electron chi connectivity index (χ3n) is 6.21. The number of H-pyrrole nitrogens is 1. The number of alkyl halides is 3. The van der Waals surface area contributed by atoms with E-state index in [9.17, 15) is 18.0 Å². The van der Waals surface area contributed by atoms with Crippen LogP contribution in [0.1, 0.15) is 63.9 Å². The molecule has 33 heavy (non-hydrogen) atoms. The Labute approximate surface area is 185 Å². The van der Waals surface area contributed by atoms with Crippen molar-refractivity contribution in [1.82, 2.24) is 39.2 Å². The van der Waals surface area contributed by atoms with E-state index in [2.05, 4.69) is 25.1 Å². The van der Waals surface area contributed by atoms with Crippen molar-refractivity contribution in [2.24, 2.45) is 7.05 Å². The molecule has 0 unspecified atom stereocenters. The van der Waals surface area contributed by atoms with Crippen molar-refractivity contribution in [2.45, 2.75) is 37.4 Å². The first-order chi connectivity index (χ1) is 15.8. The van der Waals surface area contributed by atoms with Gasteiger partial charge in [0.05, 0.1) is 28.8 Å². The standard InChI is InChI=1S/C21H19F3N8O/c1-30-19(27-18(29-30)11-4-5-11)20(33)31-8-6-13-16(26-10-25-13)17(31)14-9-15-12(21(22,23)24)3-2-7-32(15)28-14/h2-3,7,9-11,17H,4-6,8H2,1H3,(H,25,26)/t17-/m0/s1. The number of halogens is 3. The second-order valence-corrected chi connectivity index (χ2v) is 8.43. The van der Waals surface area contributed by atoms with Crippen molar-refractivity contribution in [3.63, 3.8) is 0 Å². The minimum Gasteiger partial charge on any atom is -0.348 e. The van der Waals surface area contributed by atoms with Crippen molar-refractivity contribution in [3.8, 4) is 0 Å². The lowest BCUT2D eigenvalue weighted by Gasteiger charge is -2.33. The molecule has 0 saturated heterocycles. The average molecular weight is 456 g/mol. The summed E-state index contributed by atoms with van der Waals surface area (Å²) in [5.74, 6) is 0.772. The monoisotopic (exact) mass is 456 g/mol. The predicted octanol–water partition coefficient (Wildman–Crippen LogP) is 2.87. The first-order valence-corrected chi connectivity index (χ1v) is 10.6. The summed E-state index contributed by atoms with van der Waals surface area (Å²) in [6, 6.07) is 2.94. The lowest BCUT2D eigenvalue weighted by molar-refractivity contribution is -0.136. The molecular weight excluding hydrogens is 437 g/mol. The van der Waals surface area contributed by atoms with E-state index in [1.807, 2.05) is 0 Å². The average Bonchev–Trinajstić information content (AvgIpc) is 3.18. The maximum Gasteiger partial charge on any atom is 0.418 e. The zero-order valence-corrected chi connectivity index (χ0v) is 17.5. The van der Waals surface area contributed by atoms with Crippen molar-refractivity contribution in [2.75, 3.05) is 6.54 Å². The van der Waals surface area contributed by atoms with Gasteiger partial charge in [-0.3, -0.25) is 4.79 Å². The molecule has 1 aliphatic heterocycles. The van der Waals surface area contributed by atoms with E-state index in [0.717, 1.165) is 24.6 Å². The number of fused-ring (bicyclic) bond motifs is 2. The van der Waals surface area contributed by atoms with Gasteiger partial charge in [0.1, 0.15) is 6.04 Å². The van der Waals surface area contributed by atoms with Crippen molar-refractivity contribution >= 4 is 11.4 Å². The Morgan fingerprint density at radius 3 is 2.82 bits per heavy atom. The highest BCUT2D eigenvalue weighted by Crippen LogP contribution is 2.39. The molecule has 2 aliphatic rings. The molecule has 1 saturated carbocycles. The van der Waals surface area contributed by atoms with Crippen LogP contribution in [0.15, 0.2) is 30.7 Å². The van der Waals surface area contributed by atoms with Gasteiger partial charge in [-0.25, -0.2) is 19.2 Å². The molecule has 5 heterocycles. The number of carbonyl (C=O) groups is 1. The lowest BCUT2D eigenvalue weighted by Crippen LogP contribution is -2.42. The van der Waals surface area contributed by atoms with Gasteiger partial charge in [0.15, 0.2) is 5.82 Å². The van der Waals surface area contributed by atoms with Crippen LogP contribution < -0.4 is 0 Å². The molecule has 0 spiro atoms. The Morgan fingerprint density at radius 1 is 1.24 bits per heavy atom. The van der Waals surface area contributed by atoms with Crippen LogP contribution >= 0.6 is 0 Å². The van der Waals surface area contributed by atoms with Crippen LogP contribution in [-0.2, 0) is 19.6 Å². The highest BCUT2D eigenvalue weighted by atomic mass is 19.4. The number of amides is 1. The topological polar surface area (TPSA) is 97.0 Å². The highest BCUT2D eigenvalue weighted by Gasteiger charge is 2.40. The molecular formula is C21H19F3N8O. The van der Waals surface area contributed by atoms with Crippen LogP contribution in [0.5, 0.6) is 0 Å². The molecule has 4 aromatic heterocycles. The number of rotatable bonds is 3. The van der Waals surface area contributed by atoms with Gasteiger partial charge in [-0.05, 0) is 31.0 Å². The number of nitrogens with zero attached hydrogens (tertiary/aromatic N) is 7. The van der Waals surface area contributed by atoms with E-state index in [4.69, 9.17) is 0 Å². The third kappa shape index (κ3) is 3.19. The van der Waals surface area contributed by atoms with Gasteiger partial charge < -0.3 is 9.88 Å². The van der Waals surface area contributed by atoms with Gasteiger partial charge in [0.2, 0.25) is 5.82 Å². The van der Waals surface area contributed by atoms with Gasteiger partial charge in [-0.1, -0.05) is 0 Å². The number of hydrogen-bond donors (Lipinski definition) is 1. The van der Waals surface area contributed by atoms with E-state index < -0.39 is 17.8 Å². The molecule has 170 valence electrons. The Hall–Kier alpha value is -3.70. The molecule has 1 amide bonds. The number of carbonyl (C=O) groups excluding carboxylic acids is 1. The van der Waals surface area contributed by atoms with Crippen LogP contribution in [0.3, 0.4) is 0 Å². The number of aromatic amines is 1. The van der Waals surface area contributed by atoms with Crippen LogP contribution in [-0.4, -0.2) is 51.7 Å². The highest BCUT2D eigenvalue weighted by molar-refractivity contribution is 5.91. The minimum atomic E-state index is -4.53. The number of hydrogen-bond acceptors (Lipinski definition) is 5. The fourth-order valence-electron chi connectivity index (χ4n) is 4.44. The Bertz CT molecular complexity index is 1380. The van der Waals surface area contributed by atoms with Crippen LogP contribution in [0.25, 0.3) is 5.52 Å². The summed E-state index contributed by atoms with van der Waals surface area (Å²) in [6.07, 6.45) is 0.991. The second kappa shape index (κ2) is 6.90.